The minimum absolute atomic E-state index is 0.0171. The molecule has 22 heavy (non-hydrogen) atoms. The Morgan fingerprint density at radius 2 is 1.91 bits per heavy atom. The van der Waals surface area contributed by atoms with Gasteiger partial charge in [-0.25, -0.2) is 5.01 Å². The Morgan fingerprint density at radius 1 is 1.18 bits per heavy atom. The highest BCUT2D eigenvalue weighted by Crippen LogP contribution is 2.14. The van der Waals surface area contributed by atoms with Crippen LogP contribution in [0.5, 0.6) is 0 Å². The maximum Gasteiger partial charge on any atom is 0.263 e. The van der Waals surface area contributed by atoms with Crippen LogP contribution in [-0.2, 0) is 9.59 Å². The number of fused-ring (bicyclic) bond motifs is 1. The molecule has 7 nitrogen and oxygen atoms in total. The molecule has 2 amide bonds. The SMILES string of the molecule is NC1=CN2CC(=O)N(CC(=O)N3CCCCCC3)N=C2C=C1. The summed E-state index contributed by atoms with van der Waals surface area (Å²) in [5, 5.41) is 5.55. The summed E-state index contributed by atoms with van der Waals surface area (Å²) in [6.07, 6.45) is 9.59. The molecule has 0 aromatic carbocycles. The number of carbonyl (C=O) groups is 2. The van der Waals surface area contributed by atoms with Crippen LogP contribution in [0.3, 0.4) is 0 Å². The van der Waals surface area contributed by atoms with E-state index in [1.165, 1.54) is 17.9 Å². The zero-order chi connectivity index (χ0) is 15.5. The summed E-state index contributed by atoms with van der Waals surface area (Å²) in [5.74, 6) is 0.423. The van der Waals surface area contributed by atoms with Crippen molar-refractivity contribution in [2.75, 3.05) is 26.2 Å². The van der Waals surface area contributed by atoms with Crippen molar-refractivity contribution in [2.45, 2.75) is 25.7 Å². The molecule has 0 saturated carbocycles. The maximum atomic E-state index is 12.4. The number of hydrogen-bond acceptors (Lipinski definition) is 5. The van der Waals surface area contributed by atoms with Gasteiger partial charge in [0.2, 0.25) is 5.91 Å². The van der Waals surface area contributed by atoms with E-state index in [0.29, 0.717) is 11.5 Å². The summed E-state index contributed by atoms with van der Waals surface area (Å²) in [5.41, 5.74) is 6.29. The van der Waals surface area contributed by atoms with Gasteiger partial charge in [-0.05, 0) is 25.0 Å². The molecule has 0 aromatic heterocycles. The van der Waals surface area contributed by atoms with E-state index >= 15 is 0 Å². The number of allylic oxidation sites excluding steroid dienone is 1. The number of likely N-dealkylation sites (tertiary alicyclic amines) is 1. The summed E-state index contributed by atoms with van der Waals surface area (Å²) in [4.78, 5) is 28.1. The van der Waals surface area contributed by atoms with Crippen molar-refractivity contribution in [2.24, 2.45) is 10.8 Å². The van der Waals surface area contributed by atoms with Crippen LogP contribution >= 0.6 is 0 Å². The monoisotopic (exact) mass is 303 g/mol. The van der Waals surface area contributed by atoms with Crippen LogP contribution in [0.15, 0.2) is 29.2 Å². The van der Waals surface area contributed by atoms with Crippen molar-refractivity contribution in [3.63, 3.8) is 0 Å². The van der Waals surface area contributed by atoms with Gasteiger partial charge in [-0.3, -0.25) is 9.59 Å². The average molecular weight is 303 g/mol. The molecule has 0 aliphatic carbocycles. The van der Waals surface area contributed by atoms with Gasteiger partial charge in [0.1, 0.15) is 13.1 Å². The molecule has 118 valence electrons. The lowest BCUT2D eigenvalue weighted by atomic mass is 10.2. The van der Waals surface area contributed by atoms with Crippen molar-refractivity contribution in [3.8, 4) is 0 Å². The van der Waals surface area contributed by atoms with Crippen molar-refractivity contribution in [3.05, 3.63) is 24.0 Å². The molecule has 3 aliphatic heterocycles. The summed E-state index contributed by atoms with van der Waals surface area (Å²) >= 11 is 0. The molecule has 1 fully saturated rings. The lowest BCUT2D eigenvalue weighted by molar-refractivity contribution is -0.141. The maximum absolute atomic E-state index is 12.4. The van der Waals surface area contributed by atoms with Gasteiger partial charge in [0, 0.05) is 25.0 Å². The molecule has 3 heterocycles. The fourth-order valence-corrected chi connectivity index (χ4v) is 2.85. The third-order valence-electron chi connectivity index (χ3n) is 4.08. The Balaban J connectivity index is 1.67. The third kappa shape index (κ3) is 3.13. The molecule has 2 N–H and O–H groups in total. The average Bonchev–Trinajstić information content (AvgIpc) is 2.77. The van der Waals surface area contributed by atoms with Crippen molar-refractivity contribution < 1.29 is 9.59 Å². The Kier molecular flexibility index (Phi) is 4.13. The number of nitrogens with two attached hydrogens (primary N) is 1. The first-order valence-electron chi connectivity index (χ1n) is 7.72. The van der Waals surface area contributed by atoms with Crippen LogP contribution in [0.1, 0.15) is 25.7 Å². The van der Waals surface area contributed by atoms with E-state index in [1.807, 2.05) is 4.90 Å². The molecular formula is C15H21N5O2. The topological polar surface area (TPSA) is 82.2 Å². The largest absolute Gasteiger partial charge is 0.398 e. The van der Waals surface area contributed by atoms with Gasteiger partial charge in [-0.2, -0.15) is 5.10 Å². The first-order valence-corrected chi connectivity index (χ1v) is 7.72. The Bertz CT molecular complexity index is 558. The predicted molar refractivity (Wildman–Crippen MR) is 82.3 cm³/mol. The van der Waals surface area contributed by atoms with E-state index in [-0.39, 0.29) is 24.9 Å². The zero-order valence-corrected chi connectivity index (χ0v) is 12.6. The Labute approximate surface area is 129 Å². The second kappa shape index (κ2) is 6.21. The molecule has 3 rings (SSSR count). The Morgan fingerprint density at radius 3 is 2.64 bits per heavy atom. The lowest BCUT2D eigenvalue weighted by Gasteiger charge is -2.32. The van der Waals surface area contributed by atoms with Crippen molar-refractivity contribution in [1.29, 1.82) is 0 Å². The quantitative estimate of drug-likeness (QED) is 0.791. The second-order valence-electron chi connectivity index (χ2n) is 5.79. The first-order chi connectivity index (χ1) is 10.6. The van der Waals surface area contributed by atoms with E-state index in [9.17, 15) is 9.59 Å². The van der Waals surface area contributed by atoms with Crippen molar-refractivity contribution >= 4 is 17.6 Å². The van der Waals surface area contributed by atoms with Gasteiger partial charge in [-0.15, -0.1) is 0 Å². The zero-order valence-electron chi connectivity index (χ0n) is 12.6. The molecule has 7 heteroatoms. The Hall–Kier alpha value is -2.31. The highest BCUT2D eigenvalue weighted by Gasteiger charge is 2.28. The molecule has 0 bridgehead atoms. The highest BCUT2D eigenvalue weighted by atomic mass is 16.2. The summed E-state index contributed by atoms with van der Waals surface area (Å²) in [7, 11) is 0. The molecule has 0 aromatic rings. The number of carbonyl (C=O) groups excluding carboxylic acids is 2. The summed E-state index contributed by atoms with van der Waals surface area (Å²) < 4.78 is 0. The highest BCUT2D eigenvalue weighted by molar-refractivity contribution is 6.01. The number of hydrazone groups is 1. The van der Waals surface area contributed by atoms with Crippen LogP contribution in [-0.4, -0.2) is 58.6 Å². The van der Waals surface area contributed by atoms with Gasteiger partial charge in [0.25, 0.3) is 5.91 Å². The lowest BCUT2D eigenvalue weighted by Crippen LogP contribution is -2.49. The molecule has 1 saturated heterocycles. The first kappa shape index (κ1) is 14.6. The van der Waals surface area contributed by atoms with E-state index in [4.69, 9.17) is 5.73 Å². The van der Waals surface area contributed by atoms with E-state index < -0.39 is 0 Å². The number of rotatable bonds is 2. The normalized spacial score (nSPS) is 22.0. The van der Waals surface area contributed by atoms with Gasteiger partial charge in [0.05, 0.1) is 0 Å². The molecule has 0 unspecified atom stereocenters. The number of nitrogens with zero attached hydrogens (tertiary/aromatic N) is 4. The van der Waals surface area contributed by atoms with E-state index in [0.717, 1.165) is 25.9 Å². The summed E-state index contributed by atoms with van der Waals surface area (Å²) in [6, 6.07) is 0. The van der Waals surface area contributed by atoms with Gasteiger partial charge in [-0.1, -0.05) is 12.8 Å². The van der Waals surface area contributed by atoms with E-state index in [1.54, 1.807) is 23.3 Å². The van der Waals surface area contributed by atoms with Crippen LogP contribution in [0.2, 0.25) is 0 Å². The number of amidine groups is 1. The van der Waals surface area contributed by atoms with Crippen LogP contribution in [0, 0.1) is 0 Å². The van der Waals surface area contributed by atoms with Crippen LogP contribution in [0.25, 0.3) is 0 Å². The van der Waals surface area contributed by atoms with Gasteiger partial charge < -0.3 is 15.5 Å². The van der Waals surface area contributed by atoms with Crippen molar-refractivity contribution in [1.82, 2.24) is 14.8 Å². The van der Waals surface area contributed by atoms with Crippen LogP contribution < -0.4 is 5.73 Å². The predicted octanol–water partition coefficient (Wildman–Crippen LogP) is 0.217. The minimum atomic E-state index is -0.189. The molecule has 3 aliphatic rings. The fourth-order valence-electron chi connectivity index (χ4n) is 2.85. The standard InChI is InChI=1S/C15H21N5O2/c16-12-5-6-13-17-20(15(22)10-19(13)9-12)11-14(21)18-7-3-1-2-4-8-18/h5-6,9H,1-4,7-8,10-11,16H2. The summed E-state index contributed by atoms with van der Waals surface area (Å²) in [6.45, 7) is 1.74. The molecule has 0 radical (unpaired) electrons. The molecular weight excluding hydrogens is 282 g/mol. The second-order valence-corrected chi connectivity index (χ2v) is 5.79. The van der Waals surface area contributed by atoms with E-state index in [2.05, 4.69) is 5.10 Å². The van der Waals surface area contributed by atoms with Gasteiger partial charge in [0.15, 0.2) is 5.84 Å². The minimum Gasteiger partial charge on any atom is -0.398 e. The van der Waals surface area contributed by atoms with Crippen LogP contribution in [0.4, 0.5) is 0 Å². The fraction of sp³-hybridized carbons (Fsp3) is 0.533. The smallest absolute Gasteiger partial charge is 0.263 e. The molecule has 0 atom stereocenters. The number of amides is 2. The third-order valence-corrected chi connectivity index (χ3v) is 4.08. The molecule has 0 spiro atoms. The number of hydrogen-bond donors (Lipinski definition) is 1. The van der Waals surface area contributed by atoms with Gasteiger partial charge >= 0.3 is 0 Å².